The summed E-state index contributed by atoms with van der Waals surface area (Å²) >= 11 is 0. The second kappa shape index (κ2) is 8.67. The fourth-order valence-corrected chi connectivity index (χ4v) is 3.92. The molecule has 2 aromatic rings. The van der Waals surface area contributed by atoms with Crippen molar-refractivity contribution in [3.63, 3.8) is 0 Å². The van der Waals surface area contributed by atoms with Crippen LogP contribution in [0, 0.1) is 17.8 Å². The van der Waals surface area contributed by atoms with Gasteiger partial charge in [-0.1, -0.05) is 32.9 Å². The number of nitrogens with one attached hydrogen (secondary N) is 3. The normalized spacial score (nSPS) is 20.2. The Balaban J connectivity index is 1.66. The fourth-order valence-electron chi connectivity index (χ4n) is 3.92. The Hall–Kier alpha value is -1.88. The molecule has 1 aromatic heterocycles. The molecule has 1 saturated heterocycles. The van der Waals surface area contributed by atoms with Gasteiger partial charge in [-0.05, 0) is 62.2 Å². The first-order chi connectivity index (χ1) is 12.5. The van der Waals surface area contributed by atoms with E-state index in [1.165, 1.54) is 12.8 Å². The van der Waals surface area contributed by atoms with Gasteiger partial charge < -0.3 is 15.6 Å². The van der Waals surface area contributed by atoms with Gasteiger partial charge in [-0.3, -0.25) is 4.79 Å². The SMILES string of the molecule is CC(C)CC(NC(=O)CC(C)C1CCCNC1)c1nc2ccccc2[nH]1. The summed E-state index contributed by atoms with van der Waals surface area (Å²) in [6, 6.07) is 7.95. The molecule has 2 heterocycles. The largest absolute Gasteiger partial charge is 0.346 e. The Kier molecular flexibility index (Phi) is 6.30. The molecule has 26 heavy (non-hydrogen) atoms. The van der Waals surface area contributed by atoms with Crippen LogP contribution in [0.15, 0.2) is 24.3 Å². The van der Waals surface area contributed by atoms with Crippen molar-refractivity contribution in [3.05, 3.63) is 30.1 Å². The molecule has 3 rings (SSSR count). The number of imidazole rings is 1. The Bertz CT molecular complexity index is 685. The number of nitrogens with zero attached hydrogens (tertiary/aromatic N) is 1. The van der Waals surface area contributed by atoms with Gasteiger partial charge in [-0.25, -0.2) is 4.98 Å². The van der Waals surface area contributed by atoms with E-state index in [4.69, 9.17) is 4.98 Å². The topological polar surface area (TPSA) is 69.8 Å². The molecule has 1 aliphatic heterocycles. The molecule has 3 unspecified atom stereocenters. The number of amides is 1. The summed E-state index contributed by atoms with van der Waals surface area (Å²) in [6.07, 6.45) is 3.90. The summed E-state index contributed by atoms with van der Waals surface area (Å²) in [6.45, 7) is 8.71. The van der Waals surface area contributed by atoms with Crippen molar-refractivity contribution >= 4 is 16.9 Å². The molecule has 0 spiro atoms. The zero-order chi connectivity index (χ0) is 18.5. The Morgan fingerprint density at radius 3 is 2.81 bits per heavy atom. The molecule has 5 heteroatoms. The number of hydrogen-bond acceptors (Lipinski definition) is 3. The van der Waals surface area contributed by atoms with E-state index in [2.05, 4.69) is 36.4 Å². The van der Waals surface area contributed by atoms with Crippen molar-refractivity contribution in [1.82, 2.24) is 20.6 Å². The van der Waals surface area contributed by atoms with Crippen LogP contribution in [0.2, 0.25) is 0 Å². The van der Waals surface area contributed by atoms with Gasteiger partial charge >= 0.3 is 0 Å². The minimum absolute atomic E-state index is 0.0634. The number of piperidine rings is 1. The molecule has 3 atom stereocenters. The predicted molar refractivity (Wildman–Crippen MR) is 106 cm³/mol. The lowest BCUT2D eigenvalue weighted by molar-refractivity contribution is -0.123. The molecular formula is C21H32N4O. The van der Waals surface area contributed by atoms with Gasteiger partial charge in [0.05, 0.1) is 17.1 Å². The number of carbonyl (C=O) groups excluding carboxylic acids is 1. The van der Waals surface area contributed by atoms with Crippen molar-refractivity contribution in [2.75, 3.05) is 13.1 Å². The monoisotopic (exact) mass is 356 g/mol. The van der Waals surface area contributed by atoms with Crippen LogP contribution in [0.4, 0.5) is 0 Å². The maximum atomic E-state index is 12.7. The van der Waals surface area contributed by atoms with Crippen molar-refractivity contribution in [2.45, 2.75) is 52.5 Å². The number of benzene rings is 1. The van der Waals surface area contributed by atoms with Gasteiger partial charge in [0, 0.05) is 6.42 Å². The van der Waals surface area contributed by atoms with Crippen LogP contribution in [0.1, 0.15) is 58.3 Å². The van der Waals surface area contributed by atoms with Gasteiger partial charge in [0.1, 0.15) is 5.82 Å². The number of rotatable bonds is 7. The lowest BCUT2D eigenvalue weighted by Gasteiger charge is -2.28. The van der Waals surface area contributed by atoms with Crippen molar-refractivity contribution in [2.24, 2.45) is 17.8 Å². The smallest absolute Gasteiger partial charge is 0.220 e. The number of carbonyl (C=O) groups is 1. The maximum absolute atomic E-state index is 12.7. The molecule has 0 bridgehead atoms. The predicted octanol–water partition coefficient (Wildman–Crippen LogP) is 3.79. The Labute approximate surface area is 156 Å². The van der Waals surface area contributed by atoms with E-state index in [9.17, 15) is 4.79 Å². The molecule has 0 saturated carbocycles. The molecule has 142 valence electrons. The lowest BCUT2D eigenvalue weighted by Crippen LogP contribution is -2.36. The van der Waals surface area contributed by atoms with Crippen LogP contribution in [0.3, 0.4) is 0 Å². The highest BCUT2D eigenvalue weighted by molar-refractivity contribution is 5.77. The number of aromatic nitrogens is 2. The average Bonchev–Trinajstić information content (AvgIpc) is 3.05. The zero-order valence-electron chi connectivity index (χ0n) is 16.2. The highest BCUT2D eigenvalue weighted by Gasteiger charge is 2.24. The molecule has 3 N–H and O–H groups in total. The van der Waals surface area contributed by atoms with Crippen LogP contribution >= 0.6 is 0 Å². The number of H-pyrrole nitrogens is 1. The van der Waals surface area contributed by atoms with Crippen LogP contribution in [-0.2, 0) is 4.79 Å². The van der Waals surface area contributed by atoms with Gasteiger partial charge in [0.2, 0.25) is 5.91 Å². The van der Waals surface area contributed by atoms with Crippen LogP contribution in [0.25, 0.3) is 11.0 Å². The van der Waals surface area contributed by atoms with E-state index < -0.39 is 0 Å². The molecule has 1 aliphatic rings. The van der Waals surface area contributed by atoms with Crippen molar-refractivity contribution < 1.29 is 4.79 Å². The molecule has 0 radical (unpaired) electrons. The van der Waals surface area contributed by atoms with E-state index in [0.717, 1.165) is 36.4 Å². The fraction of sp³-hybridized carbons (Fsp3) is 0.619. The first kappa shape index (κ1) is 18.9. The van der Waals surface area contributed by atoms with Crippen LogP contribution in [-0.4, -0.2) is 29.0 Å². The standard InChI is InChI=1S/C21H32N4O/c1-14(2)11-19(21-24-17-8-4-5-9-18(17)25-21)23-20(26)12-15(3)16-7-6-10-22-13-16/h4-5,8-9,14-16,19,22H,6-7,10-13H2,1-3H3,(H,23,26)(H,24,25). The summed E-state index contributed by atoms with van der Waals surface area (Å²) in [4.78, 5) is 20.8. The molecular weight excluding hydrogens is 324 g/mol. The number of hydrogen-bond donors (Lipinski definition) is 3. The van der Waals surface area contributed by atoms with E-state index in [0.29, 0.717) is 24.2 Å². The highest BCUT2D eigenvalue weighted by Crippen LogP contribution is 2.25. The van der Waals surface area contributed by atoms with E-state index in [-0.39, 0.29) is 11.9 Å². The second-order valence-corrected chi connectivity index (χ2v) is 8.18. The van der Waals surface area contributed by atoms with Gasteiger partial charge in [0.15, 0.2) is 0 Å². The minimum atomic E-state index is -0.0634. The summed E-state index contributed by atoms with van der Waals surface area (Å²) in [5.74, 6) is 2.48. The quantitative estimate of drug-likeness (QED) is 0.707. The Morgan fingerprint density at radius 2 is 2.12 bits per heavy atom. The second-order valence-electron chi connectivity index (χ2n) is 8.18. The summed E-state index contributed by atoms with van der Waals surface area (Å²) in [7, 11) is 0. The van der Waals surface area contributed by atoms with Gasteiger partial charge in [0.25, 0.3) is 0 Å². The van der Waals surface area contributed by atoms with Crippen molar-refractivity contribution in [3.8, 4) is 0 Å². The first-order valence-corrected chi connectivity index (χ1v) is 9.97. The lowest BCUT2D eigenvalue weighted by atomic mass is 9.85. The maximum Gasteiger partial charge on any atom is 0.220 e. The summed E-state index contributed by atoms with van der Waals surface area (Å²) in [5.41, 5.74) is 1.97. The minimum Gasteiger partial charge on any atom is -0.346 e. The number of aromatic amines is 1. The molecule has 1 aromatic carbocycles. The summed E-state index contributed by atoms with van der Waals surface area (Å²) < 4.78 is 0. The zero-order valence-corrected chi connectivity index (χ0v) is 16.2. The Morgan fingerprint density at radius 1 is 1.31 bits per heavy atom. The number of para-hydroxylation sites is 2. The molecule has 1 amide bonds. The third kappa shape index (κ3) is 4.85. The van der Waals surface area contributed by atoms with E-state index >= 15 is 0 Å². The molecule has 1 fully saturated rings. The molecule has 0 aliphatic carbocycles. The number of fused-ring (bicyclic) bond motifs is 1. The molecule has 5 nitrogen and oxygen atoms in total. The average molecular weight is 357 g/mol. The van der Waals surface area contributed by atoms with E-state index in [1.807, 2.05) is 24.3 Å². The van der Waals surface area contributed by atoms with E-state index in [1.54, 1.807) is 0 Å². The van der Waals surface area contributed by atoms with Crippen LogP contribution < -0.4 is 10.6 Å². The van der Waals surface area contributed by atoms with Gasteiger partial charge in [-0.2, -0.15) is 0 Å². The van der Waals surface area contributed by atoms with Crippen LogP contribution in [0.5, 0.6) is 0 Å². The third-order valence-corrected chi connectivity index (χ3v) is 5.43. The highest BCUT2D eigenvalue weighted by atomic mass is 16.1. The van der Waals surface area contributed by atoms with Crippen molar-refractivity contribution in [1.29, 1.82) is 0 Å². The first-order valence-electron chi connectivity index (χ1n) is 9.97. The summed E-state index contributed by atoms with van der Waals surface area (Å²) in [5, 5.41) is 6.69. The third-order valence-electron chi connectivity index (χ3n) is 5.43. The van der Waals surface area contributed by atoms with Gasteiger partial charge in [-0.15, -0.1) is 0 Å².